The first-order valence-corrected chi connectivity index (χ1v) is 4.44. The quantitative estimate of drug-likeness (QED) is 0.635. The maximum atomic E-state index is 10.7. The second kappa shape index (κ2) is 3.39. The zero-order valence-corrected chi connectivity index (χ0v) is 8.00. The van der Waals surface area contributed by atoms with E-state index in [9.17, 15) is 4.79 Å². The highest BCUT2D eigenvalue weighted by Gasteiger charge is 2.38. The molecule has 0 aromatic carbocycles. The van der Waals surface area contributed by atoms with Crippen LogP contribution in [0.3, 0.4) is 0 Å². The summed E-state index contributed by atoms with van der Waals surface area (Å²) >= 11 is 0. The summed E-state index contributed by atoms with van der Waals surface area (Å²) in [6.07, 6.45) is 6.96. The van der Waals surface area contributed by atoms with Gasteiger partial charge >= 0.3 is 5.97 Å². The molecule has 1 saturated carbocycles. The Morgan fingerprint density at radius 1 is 1.62 bits per heavy atom. The Kier molecular flexibility index (Phi) is 2.63. The van der Waals surface area contributed by atoms with Crippen LogP contribution in [0, 0.1) is 18.3 Å². The number of rotatable bonds is 3. The molecule has 0 spiro atoms. The van der Waals surface area contributed by atoms with Gasteiger partial charge in [-0.25, -0.2) is 0 Å². The number of carbonyl (C=O) groups is 1. The van der Waals surface area contributed by atoms with Crippen LogP contribution < -0.4 is 5.32 Å². The van der Waals surface area contributed by atoms with E-state index in [1.165, 1.54) is 0 Å². The molecule has 0 heterocycles. The number of hydrogen-bond acceptors (Lipinski definition) is 2. The summed E-state index contributed by atoms with van der Waals surface area (Å²) in [6, 6.07) is 0.0450. The standard InChI is InChI=1S/C10H15NO2/c1-4-10(2,3)11-8-6-5-7(8)9(12)13/h1,7-8,11H,5-6H2,2-3H3,(H,12,13). The zero-order valence-electron chi connectivity index (χ0n) is 8.00. The lowest BCUT2D eigenvalue weighted by atomic mass is 9.78. The van der Waals surface area contributed by atoms with E-state index in [2.05, 4.69) is 11.2 Å². The third-order valence-electron chi connectivity index (χ3n) is 2.50. The second-order valence-corrected chi connectivity index (χ2v) is 4.04. The number of terminal acetylenes is 1. The normalized spacial score (nSPS) is 27.5. The predicted octanol–water partition coefficient (Wildman–Crippen LogP) is 0.851. The number of hydrogen-bond donors (Lipinski definition) is 2. The smallest absolute Gasteiger partial charge is 0.308 e. The van der Waals surface area contributed by atoms with Gasteiger partial charge in [0.1, 0.15) is 0 Å². The highest BCUT2D eigenvalue weighted by molar-refractivity contribution is 5.72. The summed E-state index contributed by atoms with van der Waals surface area (Å²) in [5, 5.41) is 11.9. The van der Waals surface area contributed by atoms with Crippen LogP contribution >= 0.6 is 0 Å². The van der Waals surface area contributed by atoms with Crippen LogP contribution in [0.4, 0.5) is 0 Å². The molecule has 2 unspecified atom stereocenters. The molecule has 0 bridgehead atoms. The van der Waals surface area contributed by atoms with Crippen molar-refractivity contribution in [3.63, 3.8) is 0 Å². The summed E-state index contributed by atoms with van der Waals surface area (Å²) in [7, 11) is 0. The average Bonchev–Trinajstić information content (AvgIpc) is 1.97. The van der Waals surface area contributed by atoms with Crippen LogP contribution in [0.15, 0.2) is 0 Å². The first-order valence-electron chi connectivity index (χ1n) is 4.44. The molecular formula is C10H15NO2. The predicted molar refractivity (Wildman–Crippen MR) is 50.2 cm³/mol. The van der Waals surface area contributed by atoms with Crippen molar-refractivity contribution < 1.29 is 9.90 Å². The van der Waals surface area contributed by atoms with Gasteiger partial charge in [-0.1, -0.05) is 5.92 Å². The molecule has 1 rings (SSSR count). The van der Waals surface area contributed by atoms with Crippen molar-refractivity contribution in [2.24, 2.45) is 5.92 Å². The Balaban J connectivity index is 2.48. The van der Waals surface area contributed by atoms with Crippen molar-refractivity contribution in [3.05, 3.63) is 0 Å². The van der Waals surface area contributed by atoms with Crippen LogP contribution in [-0.4, -0.2) is 22.7 Å². The zero-order chi connectivity index (χ0) is 10.1. The molecule has 0 aromatic heterocycles. The summed E-state index contributed by atoms with van der Waals surface area (Å²) < 4.78 is 0. The van der Waals surface area contributed by atoms with Crippen molar-refractivity contribution in [1.29, 1.82) is 0 Å². The van der Waals surface area contributed by atoms with Gasteiger partial charge in [0.2, 0.25) is 0 Å². The van der Waals surface area contributed by atoms with Crippen LogP contribution in [0.2, 0.25) is 0 Å². The third kappa shape index (κ3) is 2.22. The first-order chi connectivity index (χ1) is 5.96. The Bertz CT molecular complexity index is 252. The van der Waals surface area contributed by atoms with E-state index in [-0.39, 0.29) is 12.0 Å². The van der Waals surface area contributed by atoms with E-state index in [1.807, 2.05) is 13.8 Å². The SMILES string of the molecule is C#CC(C)(C)NC1CCC1C(=O)O. The molecule has 13 heavy (non-hydrogen) atoms. The third-order valence-corrected chi connectivity index (χ3v) is 2.50. The maximum absolute atomic E-state index is 10.7. The van der Waals surface area contributed by atoms with Gasteiger partial charge in [0, 0.05) is 6.04 Å². The van der Waals surface area contributed by atoms with Gasteiger partial charge in [-0.3, -0.25) is 10.1 Å². The summed E-state index contributed by atoms with van der Waals surface area (Å²) in [6.45, 7) is 3.76. The lowest BCUT2D eigenvalue weighted by molar-refractivity contribution is -0.146. The average molecular weight is 181 g/mol. The topological polar surface area (TPSA) is 49.3 Å². The summed E-state index contributed by atoms with van der Waals surface area (Å²) in [5.41, 5.74) is -0.404. The molecule has 0 saturated heterocycles. The van der Waals surface area contributed by atoms with Crippen molar-refractivity contribution in [3.8, 4) is 12.3 Å². The van der Waals surface area contributed by atoms with E-state index in [4.69, 9.17) is 11.5 Å². The number of aliphatic carboxylic acids is 1. The van der Waals surface area contributed by atoms with Crippen LogP contribution in [0.1, 0.15) is 26.7 Å². The number of nitrogens with one attached hydrogen (secondary N) is 1. The molecule has 2 N–H and O–H groups in total. The van der Waals surface area contributed by atoms with Gasteiger partial charge in [-0.05, 0) is 26.7 Å². The van der Waals surface area contributed by atoms with Crippen molar-refractivity contribution in [2.75, 3.05) is 0 Å². The van der Waals surface area contributed by atoms with Crippen LogP contribution in [-0.2, 0) is 4.79 Å². The maximum Gasteiger partial charge on any atom is 0.308 e. The molecule has 72 valence electrons. The highest BCUT2D eigenvalue weighted by Crippen LogP contribution is 2.29. The molecule has 1 aliphatic rings. The molecular weight excluding hydrogens is 166 g/mol. The molecule has 0 aliphatic heterocycles. The first kappa shape index (κ1) is 10.1. The largest absolute Gasteiger partial charge is 0.481 e. The fourth-order valence-corrected chi connectivity index (χ4v) is 1.47. The Hall–Kier alpha value is -1.01. The number of carboxylic acids is 1. The summed E-state index contributed by atoms with van der Waals surface area (Å²) in [4.78, 5) is 10.7. The Morgan fingerprint density at radius 3 is 2.54 bits per heavy atom. The molecule has 2 atom stereocenters. The van der Waals surface area contributed by atoms with E-state index in [0.29, 0.717) is 0 Å². The molecule has 0 radical (unpaired) electrons. The minimum Gasteiger partial charge on any atom is -0.481 e. The minimum atomic E-state index is -0.725. The van der Waals surface area contributed by atoms with E-state index in [1.54, 1.807) is 0 Å². The van der Waals surface area contributed by atoms with Gasteiger partial charge in [-0.15, -0.1) is 6.42 Å². The van der Waals surface area contributed by atoms with Crippen molar-refractivity contribution in [1.82, 2.24) is 5.32 Å². The van der Waals surface area contributed by atoms with Crippen molar-refractivity contribution in [2.45, 2.75) is 38.3 Å². The van der Waals surface area contributed by atoms with Crippen molar-refractivity contribution >= 4 is 5.97 Å². The number of carboxylic acid groups (broad SMARTS) is 1. The van der Waals surface area contributed by atoms with E-state index in [0.717, 1.165) is 12.8 Å². The lowest BCUT2D eigenvalue weighted by Crippen LogP contribution is -2.54. The summed E-state index contributed by atoms with van der Waals surface area (Å²) in [5.74, 6) is 1.61. The fourth-order valence-electron chi connectivity index (χ4n) is 1.47. The lowest BCUT2D eigenvalue weighted by Gasteiger charge is -2.38. The van der Waals surface area contributed by atoms with Crippen LogP contribution in [0.5, 0.6) is 0 Å². The van der Waals surface area contributed by atoms with Gasteiger partial charge < -0.3 is 5.11 Å². The van der Waals surface area contributed by atoms with E-state index >= 15 is 0 Å². The van der Waals surface area contributed by atoms with E-state index < -0.39 is 11.5 Å². The molecule has 0 amide bonds. The molecule has 1 aliphatic carbocycles. The minimum absolute atomic E-state index is 0.0450. The molecule has 1 fully saturated rings. The Morgan fingerprint density at radius 2 is 2.23 bits per heavy atom. The second-order valence-electron chi connectivity index (χ2n) is 4.04. The molecule has 3 heteroatoms. The molecule has 3 nitrogen and oxygen atoms in total. The van der Waals surface area contributed by atoms with Gasteiger partial charge in [0.15, 0.2) is 0 Å². The van der Waals surface area contributed by atoms with Gasteiger partial charge in [0.05, 0.1) is 11.5 Å². The highest BCUT2D eigenvalue weighted by atomic mass is 16.4. The Labute approximate surface area is 78.5 Å². The van der Waals surface area contributed by atoms with Gasteiger partial charge in [-0.2, -0.15) is 0 Å². The monoisotopic (exact) mass is 181 g/mol. The van der Waals surface area contributed by atoms with Crippen LogP contribution in [0.25, 0.3) is 0 Å². The fraction of sp³-hybridized carbons (Fsp3) is 0.700. The van der Waals surface area contributed by atoms with Gasteiger partial charge in [0.25, 0.3) is 0 Å². The molecule has 0 aromatic rings.